The van der Waals surface area contributed by atoms with Gasteiger partial charge in [-0.15, -0.1) is 0 Å². The predicted molar refractivity (Wildman–Crippen MR) is 80.1 cm³/mol. The molecule has 3 heteroatoms. The minimum Gasteiger partial charge on any atom is -0.497 e. The molecule has 2 atom stereocenters. The molecule has 1 aromatic rings. The standard InChI is InChI=1S/C17H25NO2/c1-19-16-6-4-13(5-7-16)10-15-11-18-9-8-17(15)20-12-14-2-3-14/h4-7,14-15,17-18H,2-3,8-12H2,1H3/t15-,17+/m0/s1. The fourth-order valence-electron chi connectivity index (χ4n) is 2.93. The number of piperidine rings is 1. The molecule has 0 amide bonds. The zero-order chi connectivity index (χ0) is 13.8. The normalized spacial score (nSPS) is 26.4. The highest BCUT2D eigenvalue weighted by Crippen LogP contribution is 2.31. The third kappa shape index (κ3) is 3.74. The lowest BCUT2D eigenvalue weighted by Gasteiger charge is -2.32. The molecule has 0 radical (unpaired) electrons. The van der Waals surface area contributed by atoms with Crippen molar-refractivity contribution in [2.45, 2.75) is 31.8 Å². The molecule has 2 fully saturated rings. The van der Waals surface area contributed by atoms with Crippen LogP contribution in [-0.4, -0.2) is 32.9 Å². The zero-order valence-electron chi connectivity index (χ0n) is 12.3. The summed E-state index contributed by atoms with van der Waals surface area (Å²) in [5.41, 5.74) is 1.37. The molecule has 1 aliphatic carbocycles. The van der Waals surface area contributed by atoms with Gasteiger partial charge in [0, 0.05) is 19.1 Å². The van der Waals surface area contributed by atoms with Gasteiger partial charge in [0.2, 0.25) is 0 Å². The molecule has 0 bridgehead atoms. The van der Waals surface area contributed by atoms with Gasteiger partial charge in [-0.1, -0.05) is 12.1 Å². The lowest BCUT2D eigenvalue weighted by atomic mass is 9.89. The molecule has 3 nitrogen and oxygen atoms in total. The number of ether oxygens (including phenoxy) is 2. The summed E-state index contributed by atoms with van der Waals surface area (Å²) in [6.45, 7) is 3.14. The van der Waals surface area contributed by atoms with Gasteiger partial charge < -0.3 is 14.8 Å². The van der Waals surface area contributed by atoms with Crippen molar-refractivity contribution in [1.82, 2.24) is 5.32 Å². The van der Waals surface area contributed by atoms with Gasteiger partial charge in [0.15, 0.2) is 0 Å². The third-order valence-corrected chi connectivity index (χ3v) is 4.44. The first-order chi connectivity index (χ1) is 9.85. The molecule has 1 N–H and O–H groups in total. The fraction of sp³-hybridized carbons (Fsp3) is 0.647. The Hall–Kier alpha value is -1.06. The lowest BCUT2D eigenvalue weighted by molar-refractivity contribution is -0.00978. The molecule has 1 aromatic carbocycles. The van der Waals surface area contributed by atoms with E-state index in [9.17, 15) is 0 Å². The van der Waals surface area contributed by atoms with Gasteiger partial charge in [0.1, 0.15) is 5.75 Å². The Kier molecular flexibility index (Phi) is 4.58. The van der Waals surface area contributed by atoms with Gasteiger partial charge in [-0.3, -0.25) is 0 Å². The number of hydrogen-bond acceptors (Lipinski definition) is 3. The summed E-state index contributed by atoms with van der Waals surface area (Å²) in [6, 6.07) is 8.44. The van der Waals surface area contributed by atoms with E-state index in [1.54, 1.807) is 7.11 Å². The Morgan fingerprint density at radius 1 is 1.15 bits per heavy atom. The Bertz CT molecular complexity index is 414. The Labute approximate surface area is 121 Å². The SMILES string of the molecule is COc1ccc(C[C@H]2CNCC[C@H]2OCC2CC2)cc1. The highest BCUT2D eigenvalue weighted by molar-refractivity contribution is 5.27. The first kappa shape index (κ1) is 13.9. The lowest BCUT2D eigenvalue weighted by Crippen LogP contribution is -2.42. The summed E-state index contributed by atoms with van der Waals surface area (Å²) >= 11 is 0. The predicted octanol–water partition coefficient (Wildman–Crippen LogP) is 2.64. The number of methoxy groups -OCH3 is 1. The molecule has 0 spiro atoms. The smallest absolute Gasteiger partial charge is 0.118 e. The number of hydrogen-bond donors (Lipinski definition) is 1. The van der Waals surface area contributed by atoms with Crippen LogP contribution in [0.3, 0.4) is 0 Å². The van der Waals surface area contributed by atoms with E-state index in [2.05, 4.69) is 17.4 Å². The van der Waals surface area contributed by atoms with Crippen LogP contribution in [0.15, 0.2) is 24.3 Å². The van der Waals surface area contributed by atoms with Gasteiger partial charge in [0.05, 0.1) is 13.2 Å². The van der Waals surface area contributed by atoms with E-state index in [-0.39, 0.29) is 0 Å². The maximum Gasteiger partial charge on any atom is 0.118 e. The van der Waals surface area contributed by atoms with E-state index in [0.29, 0.717) is 12.0 Å². The minimum absolute atomic E-state index is 0.430. The van der Waals surface area contributed by atoms with Crippen LogP contribution in [0, 0.1) is 11.8 Å². The summed E-state index contributed by atoms with van der Waals surface area (Å²) in [5, 5.41) is 3.51. The average Bonchev–Trinajstić information content (AvgIpc) is 3.31. The van der Waals surface area contributed by atoms with Crippen molar-refractivity contribution in [3.63, 3.8) is 0 Å². The summed E-state index contributed by atoms with van der Waals surface area (Å²) in [6.07, 6.45) is 5.40. The quantitative estimate of drug-likeness (QED) is 0.866. The van der Waals surface area contributed by atoms with Gasteiger partial charge in [-0.25, -0.2) is 0 Å². The molecule has 3 rings (SSSR count). The largest absolute Gasteiger partial charge is 0.497 e. The van der Waals surface area contributed by atoms with Crippen molar-refractivity contribution >= 4 is 0 Å². The van der Waals surface area contributed by atoms with Crippen LogP contribution in [0.1, 0.15) is 24.8 Å². The highest BCUT2D eigenvalue weighted by atomic mass is 16.5. The van der Waals surface area contributed by atoms with Gasteiger partial charge in [0.25, 0.3) is 0 Å². The second kappa shape index (κ2) is 6.59. The maximum atomic E-state index is 6.17. The van der Waals surface area contributed by atoms with Crippen molar-refractivity contribution in [1.29, 1.82) is 0 Å². The van der Waals surface area contributed by atoms with Crippen molar-refractivity contribution in [3.05, 3.63) is 29.8 Å². The van der Waals surface area contributed by atoms with E-state index in [1.165, 1.54) is 18.4 Å². The van der Waals surface area contributed by atoms with Crippen LogP contribution in [0.4, 0.5) is 0 Å². The molecule has 1 saturated heterocycles. The maximum absolute atomic E-state index is 6.17. The first-order valence-corrected chi connectivity index (χ1v) is 7.80. The molecular formula is C17H25NO2. The molecule has 0 aromatic heterocycles. The number of benzene rings is 1. The molecule has 20 heavy (non-hydrogen) atoms. The molecule has 2 aliphatic rings. The van der Waals surface area contributed by atoms with Gasteiger partial charge in [-0.2, -0.15) is 0 Å². The van der Waals surface area contributed by atoms with Gasteiger partial charge in [-0.05, 0) is 55.8 Å². The molecule has 110 valence electrons. The Morgan fingerprint density at radius 3 is 2.65 bits per heavy atom. The van der Waals surface area contributed by atoms with Gasteiger partial charge >= 0.3 is 0 Å². The van der Waals surface area contributed by atoms with Crippen LogP contribution in [0.2, 0.25) is 0 Å². The van der Waals surface area contributed by atoms with E-state index in [0.717, 1.165) is 44.2 Å². The topological polar surface area (TPSA) is 30.5 Å². The average molecular weight is 275 g/mol. The third-order valence-electron chi connectivity index (χ3n) is 4.44. The van der Waals surface area contributed by atoms with E-state index in [1.807, 2.05) is 12.1 Å². The van der Waals surface area contributed by atoms with Crippen LogP contribution >= 0.6 is 0 Å². The Balaban J connectivity index is 1.56. The van der Waals surface area contributed by atoms with Crippen molar-refractivity contribution in [3.8, 4) is 5.75 Å². The molecular weight excluding hydrogens is 250 g/mol. The van der Waals surface area contributed by atoms with Crippen molar-refractivity contribution < 1.29 is 9.47 Å². The summed E-state index contributed by atoms with van der Waals surface area (Å²) in [5.74, 6) is 2.37. The van der Waals surface area contributed by atoms with E-state index < -0.39 is 0 Å². The second-order valence-corrected chi connectivity index (χ2v) is 6.12. The number of nitrogens with one attached hydrogen (secondary N) is 1. The molecule has 1 aliphatic heterocycles. The summed E-state index contributed by atoms with van der Waals surface area (Å²) < 4.78 is 11.4. The van der Waals surface area contributed by atoms with Crippen LogP contribution in [-0.2, 0) is 11.2 Å². The summed E-state index contributed by atoms with van der Waals surface area (Å²) in [7, 11) is 1.71. The highest BCUT2D eigenvalue weighted by Gasteiger charge is 2.29. The van der Waals surface area contributed by atoms with Crippen LogP contribution in [0.25, 0.3) is 0 Å². The van der Waals surface area contributed by atoms with Crippen LogP contribution < -0.4 is 10.1 Å². The Morgan fingerprint density at radius 2 is 1.95 bits per heavy atom. The molecule has 1 heterocycles. The monoisotopic (exact) mass is 275 g/mol. The molecule has 0 unspecified atom stereocenters. The first-order valence-electron chi connectivity index (χ1n) is 7.80. The zero-order valence-corrected chi connectivity index (χ0v) is 12.3. The van der Waals surface area contributed by atoms with E-state index in [4.69, 9.17) is 9.47 Å². The summed E-state index contributed by atoms with van der Waals surface area (Å²) in [4.78, 5) is 0. The molecule has 1 saturated carbocycles. The van der Waals surface area contributed by atoms with Crippen molar-refractivity contribution in [2.24, 2.45) is 11.8 Å². The van der Waals surface area contributed by atoms with Crippen molar-refractivity contribution in [2.75, 3.05) is 26.8 Å². The minimum atomic E-state index is 0.430. The fourth-order valence-corrected chi connectivity index (χ4v) is 2.93. The van der Waals surface area contributed by atoms with Crippen LogP contribution in [0.5, 0.6) is 5.75 Å². The number of rotatable bonds is 6. The van der Waals surface area contributed by atoms with E-state index >= 15 is 0 Å². The second-order valence-electron chi connectivity index (χ2n) is 6.12.